The molecule has 1 atom stereocenters. The van der Waals surface area contributed by atoms with E-state index in [4.69, 9.17) is 0 Å². The highest BCUT2D eigenvalue weighted by molar-refractivity contribution is 9.10. The Morgan fingerprint density at radius 3 is 2.95 bits per heavy atom. The first-order valence-electron chi connectivity index (χ1n) is 5.64. The number of hydrogen-bond acceptors (Lipinski definition) is 5. The van der Waals surface area contributed by atoms with Gasteiger partial charge in [0.05, 0.1) is 15.4 Å². The Morgan fingerprint density at radius 1 is 1.58 bits per heavy atom. The summed E-state index contributed by atoms with van der Waals surface area (Å²) in [5.41, 5.74) is 0.518. The summed E-state index contributed by atoms with van der Waals surface area (Å²) in [6.45, 7) is 0.812. The Labute approximate surface area is 122 Å². The number of hydrogen-bond donors (Lipinski definition) is 2. The first-order chi connectivity index (χ1) is 9.08. The first-order valence-corrected chi connectivity index (χ1v) is 7.58. The van der Waals surface area contributed by atoms with Gasteiger partial charge in [-0.1, -0.05) is 0 Å². The van der Waals surface area contributed by atoms with Gasteiger partial charge in [-0.2, -0.15) is 11.8 Å². The van der Waals surface area contributed by atoms with E-state index in [2.05, 4.69) is 26.6 Å². The maximum atomic E-state index is 12.0. The molecule has 2 N–H and O–H groups in total. The lowest BCUT2D eigenvalue weighted by molar-refractivity contribution is -0.385. The van der Waals surface area contributed by atoms with E-state index in [0.29, 0.717) is 10.2 Å². The van der Waals surface area contributed by atoms with Gasteiger partial charge in [0.25, 0.3) is 5.69 Å². The van der Waals surface area contributed by atoms with Crippen LogP contribution in [0.4, 0.5) is 11.4 Å². The van der Waals surface area contributed by atoms with Gasteiger partial charge in [0.2, 0.25) is 5.91 Å². The van der Waals surface area contributed by atoms with Crippen molar-refractivity contribution in [3.8, 4) is 0 Å². The van der Waals surface area contributed by atoms with E-state index in [1.165, 1.54) is 18.2 Å². The quantitative estimate of drug-likeness (QED) is 0.646. The number of benzene rings is 1. The van der Waals surface area contributed by atoms with Gasteiger partial charge in [-0.15, -0.1) is 0 Å². The molecule has 1 heterocycles. The highest BCUT2D eigenvalue weighted by Gasteiger charge is 2.21. The van der Waals surface area contributed by atoms with Crippen LogP contribution in [0.3, 0.4) is 0 Å². The third kappa shape index (κ3) is 3.68. The van der Waals surface area contributed by atoms with Gasteiger partial charge in [-0.25, -0.2) is 0 Å². The van der Waals surface area contributed by atoms with Crippen LogP contribution in [0.25, 0.3) is 0 Å². The fourth-order valence-electron chi connectivity index (χ4n) is 1.70. The summed E-state index contributed by atoms with van der Waals surface area (Å²) in [5.74, 6) is 1.63. The number of nitro benzene ring substituents is 1. The number of rotatable bonds is 3. The second kappa shape index (κ2) is 6.36. The van der Waals surface area contributed by atoms with Gasteiger partial charge in [-0.05, 0) is 28.1 Å². The van der Waals surface area contributed by atoms with Crippen LogP contribution in [0.15, 0.2) is 22.7 Å². The number of nitro groups is 1. The predicted octanol–water partition coefficient (Wildman–Crippen LogP) is 2.00. The van der Waals surface area contributed by atoms with Gasteiger partial charge in [0.15, 0.2) is 0 Å². The Balaban J connectivity index is 2.04. The molecule has 1 amide bonds. The number of thioether (sulfide) groups is 1. The van der Waals surface area contributed by atoms with Crippen LogP contribution in [0.1, 0.15) is 0 Å². The molecule has 0 saturated carbocycles. The lowest BCUT2D eigenvalue weighted by Gasteiger charge is -2.22. The third-order valence-corrected chi connectivity index (χ3v) is 4.35. The second-order valence-electron chi connectivity index (χ2n) is 3.99. The maximum absolute atomic E-state index is 12.0. The van der Waals surface area contributed by atoms with Gasteiger partial charge in [-0.3, -0.25) is 14.9 Å². The van der Waals surface area contributed by atoms with Crippen molar-refractivity contribution in [1.82, 2.24) is 5.32 Å². The normalized spacial score (nSPS) is 18.9. The average molecular weight is 346 g/mol. The van der Waals surface area contributed by atoms with Crippen LogP contribution in [0.2, 0.25) is 0 Å². The topological polar surface area (TPSA) is 84.3 Å². The number of carbonyl (C=O) groups excluding carboxylic acids is 1. The van der Waals surface area contributed by atoms with Crippen LogP contribution in [0, 0.1) is 10.1 Å². The van der Waals surface area contributed by atoms with Crippen molar-refractivity contribution in [2.24, 2.45) is 0 Å². The molecule has 0 radical (unpaired) electrons. The van der Waals surface area contributed by atoms with Gasteiger partial charge < -0.3 is 10.6 Å². The summed E-state index contributed by atoms with van der Waals surface area (Å²) in [4.78, 5) is 22.2. The molecule has 8 heteroatoms. The minimum absolute atomic E-state index is 0.0238. The molecule has 1 aromatic carbocycles. The number of halogens is 1. The van der Waals surface area contributed by atoms with E-state index in [-0.39, 0.29) is 17.6 Å². The number of nitrogens with one attached hydrogen (secondary N) is 2. The predicted molar refractivity (Wildman–Crippen MR) is 78.5 cm³/mol. The maximum Gasteiger partial charge on any atom is 0.283 e. The third-order valence-electron chi connectivity index (χ3n) is 2.65. The molecule has 0 aromatic heterocycles. The van der Waals surface area contributed by atoms with Crippen molar-refractivity contribution in [3.05, 3.63) is 32.8 Å². The summed E-state index contributed by atoms with van der Waals surface area (Å²) < 4.78 is 0.348. The van der Waals surface area contributed by atoms with Crippen molar-refractivity contribution < 1.29 is 9.72 Å². The van der Waals surface area contributed by atoms with Gasteiger partial charge in [0.1, 0.15) is 0 Å². The molecule has 1 aromatic rings. The van der Waals surface area contributed by atoms with Crippen molar-refractivity contribution in [2.45, 2.75) is 6.04 Å². The zero-order valence-corrected chi connectivity index (χ0v) is 12.3. The molecule has 0 aliphatic carbocycles. The van der Waals surface area contributed by atoms with Crippen molar-refractivity contribution in [3.63, 3.8) is 0 Å². The molecule has 102 valence electrons. The lowest BCUT2D eigenvalue weighted by atomic mass is 10.2. The lowest BCUT2D eigenvalue weighted by Crippen LogP contribution is -2.46. The summed E-state index contributed by atoms with van der Waals surface area (Å²) >= 11 is 4.85. The largest absolute Gasteiger partial charge is 0.325 e. The minimum atomic E-state index is -0.477. The smallest absolute Gasteiger partial charge is 0.283 e. The summed E-state index contributed by atoms with van der Waals surface area (Å²) in [7, 11) is 0. The highest BCUT2D eigenvalue weighted by atomic mass is 79.9. The molecule has 6 nitrogen and oxygen atoms in total. The average Bonchev–Trinajstić information content (AvgIpc) is 2.39. The van der Waals surface area contributed by atoms with Crippen LogP contribution in [-0.2, 0) is 4.79 Å². The van der Waals surface area contributed by atoms with Crippen LogP contribution < -0.4 is 10.6 Å². The van der Waals surface area contributed by atoms with E-state index in [1.807, 2.05) is 0 Å². The molecule has 1 unspecified atom stereocenters. The first kappa shape index (κ1) is 14.3. The molecule has 0 bridgehead atoms. The fourth-order valence-corrected chi connectivity index (χ4v) is 3.15. The zero-order valence-electron chi connectivity index (χ0n) is 9.89. The zero-order chi connectivity index (χ0) is 13.8. The van der Waals surface area contributed by atoms with Crippen molar-refractivity contribution in [2.75, 3.05) is 23.4 Å². The van der Waals surface area contributed by atoms with E-state index in [0.717, 1.165) is 18.1 Å². The SMILES string of the molecule is O=C(Nc1ccc([N+](=O)[O-])c(Br)c1)C1CSCCN1. The van der Waals surface area contributed by atoms with E-state index in [1.54, 1.807) is 11.8 Å². The molecule has 1 fully saturated rings. The van der Waals surface area contributed by atoms with Gasteiger partial charge in [0, 0.05) is 29.8 Å². The van der Waals surface area contributed by atoms with Crippen LogP contribution >= 0.6 is 27.7 Å². The summed E-state index contributed by atoms with van der Waals surface area (Å²) in [5, 5.41) is 16.6. The van der Waals surface area contributed by atoms with Crippen LogP contribution in [0.5, 0.6) is 0 Å². The fraction of sp³-hybridized carbons (Fsp3) is 0.364. The molecule has 1 saturated heterocycles. The van der Waals surface area contributed by atoms with E-state index in [9.17, 15) is 14.9 Å². The number of amides is 1. The van der Waals surface area contributed by atoms with E-state index < -0.39 is 4.92 Å². The Bertz CT molecular complexity index is 506. The standard InChI is InChI=1S/C11H12BrN3O3S/c12-8-5-7(1-2-10(8)15(17)18)14-11(16)9-6-19-4-3-13-9/h1-2,5,9,13H,3-4,6H2,(H,14,16). The van der Waals surface area contributed by atoms with Crippen LogP contribution in [-0.4, -0.2) is 34.9 Å². The molecule has 2 rings (SSSR count). The van der Waals surface area contributed by atoms with Crippen molar-refractivity contribution in [1.29, 1.82) is 0 Å². The highest BCUT2D eigenvalue weighted by Crippen LogP contribution is 2.27. The summed E-state index contributed by atoms with van der Waals surface area (Å²) in [6.07, 6.45) is 0. The summed E-state index contributed by atoms with van der Waals surface area (Å²) in [6, 6.07) is 4.21. The van der Waals surface area contributed by atoms with Gasteiger partial charge >= 0.3 is 0 Å². The van der Waals surface area contributed by atoms with E-state index >= 15 is 0 Å². The Hall–Kier alpha value is -1.12. The second-order valence-corrected chi connectivity index (χ2v) is 6.00. The molecule has 1 aliphatic heterocycles. The Kier molecular flexibility index (Phi) is 4.78. The minimum Gasteiger partial charge on any atom is -0.325 e. The molecule has 19 heavy (non-hydrogen) atoms. The molecular weight excluding hydrogens is 334 g/mol. The molecule has 1 aliphatic rings. The van der Waals surface area contributed by atoms with Crippen molar-refractivity contribution >= 4 is 45.0 Å². The Morgan fingerprint density at radius 2 is 2.37 bits per heavy atom. The molecule has 0 spiro atoms. The monoisotopic (exact) mass is 345 g/mol. The molecular formula is C11H12BrN3O3S. The number of anilines is 1. The number of carbonyl (C=O) groups is 1. The number of nitrogens with zero attached hydrogens (tertiary/aromatic N) is 1.